The molecule has 1 heterocycles. The van der Waals surface area contributed by atoms with E-state index in [-0.39, 0.29) is 6.04 Å². The third-order valence-electron chi connectivity index (χ3n) is 5.89. The van der Waals surface area contributed by atoms with Crippen molar-refractivity contribution in [2.24, 2.45) is 0 Å². The summed E-state index contributed by atoms with van der Waals surface area (Å²) >= 11 is 12.6. The summed E-state index contributed by atoms with van der Waals surface area (Å²) in [6.07, 6.45) is 2.55. The first-order valence-electron chi connectivity index (χ1n) is 11.0. The first kappa shape index (κ1) is 22.1. The van der Waals surface area contributed by atoms with Crippen molar-refractivity contribution in [1.29, 1.82) is 0 Å². The summed E-state index contributed by atoms with van der Waals surface area (Å²) in [5.74, 6) is 0.859. The Balaban J connectivity index is 1.75. The lowest BCUT2D eigenvalue weighted by Gasteiger charge is -2.25. The fourth-order valence-electron chi connectivity index (χ4n) is 4.38. The van der Waals surface area contributed by atoms with Gasteiger partial charge in [0.25, 0.3) is 0 Å². The minimum absolute atomic E-state index is 0.158. The molecule has 4 nitrogen and oxygen atoms in total. The molecule has 0 spiro atoms. The van der Waals surface area contributed by atoms with Crippen LogP contribution in [-0.4, -0.2) is 22.6 Å². The maximum Gasteiger partial charge on any atom is 0.148 e. The number of fused-ring (bicyclic) bond motifs is 1. The highest BCUT2D eigenvalue weighted by Gasteiger charge is 2.32. The summed E-state index contributed by atoms with van der Waals surface area (Å²) in [6, 6.07) is 14.7. The van der Waals surface area contributed by atoms with E-state index in [1.54, 1.807) is 6.07 Å². The van der Waals surface area contributed by atoms with Gasteiger partial charge >= 0.3 is 0 Å². The Morgan fingerprint density at radius 1 is 0.968 bits per heavy atom. The van der Waals surface area contributed by atoms with E-state index in [1.165, 1.54) is 11.1 Å². The van der Waals surface area contributed by atoms with Crippen LogP contribution >= 0.6 is 23.2 Å². The Kier molecular flexibility index (Phi) is 6.80. The lowest BCUT2D eigenvalue weighted by atomic mass is 10.1. The van der Waals surface area contributed by atoms with Crippen molar-refractivity contribution >= 4 is 29.0 Å². The Hall–Kier alpha value is -2.14. The van der Waals surface area contributed by atoms with Crippen LogP contribution in [-0.2, 0) is 19.3 Å². The molecule has 2 aromatic carbocycles. The van der Waals surface area contributed by atoms with Gasteiger partial charge in [0.2, 0.25) is 0 Å². The summed E-state index contributed by atoms with van der Waals surface area (Å²) in [5.41, 5.74) is 6.29. The summed E-state index contributed by atoms with van der Waals surface area (Å²) in [4.78, 5) is 10.1. The first-order valence-corrected chi connectivity index (χ1v) is 11.7. The van der Waals surface area contributed by atoms with Crippen molar-refractivity contribution in [3.63, 3.8) is 0 Å². The smallest absolute Gasteiger partial charge is 0.148 e. The van der Waals surface area contributed by atoms with Crippen LogP contribution in [0.15, 0.2) is 42.5 Å². The van der Waals surface area contributed by atoms with Gasteiger partial charge in [-0.25, -0.2) is 9.97 Å². The van der Waals surface area contributed by atoms with Gasteiger partial charge in [-0.2, -0.15) is 0 Å². The number of halogens is 2. The summed E-state index contributed by atoms with van der Waals surface area (Å²) in [5, 5.41) is 8.58. The largest absolute Gasteiger partial charge is 0.360 e. The van der Waals surface area contributed by atoms with Crippen LogP contribution < -0.4 is 10.6 Å². The van der Waals surface area contributed by atoms with Crippen LogP contribution in [0.5, 0.6) is 0 Å². The normalized spacial score (nSPS) is 17.6. The number of benzene rings is 2. The highest BCUT2D eigenvalue weighted by atomic mass is 35.5. The van der Waals surface area contributed by atoms with Crippen LogP contribution in [0.25, 0.3) is 11.3 Å². The number of nitrogens with zero attached hydrogens (tertiary/aromatic N) is 2. The molecule has 0 bridgehead atoms. The number of anilines is 1. The second kappa shape index (κ2) is 9.56. The van der Waals surface area contributed by atoms with Gasteiger partial charge in [0.05, 0.1) is 28.1 Å². The lowest BCUT2D eigenvalue weighted by molar-refractivity contribution is 0.497. The molecular weight excluding hydrogens is 427 g/mol. The molecule has 2 N–H and O–H groups in total. The van der Waals surface area contributed by atoms with E-state index in [9.17, 15) is 0 Å². The third-order valence-corrected chi connectivity index (χ3v) is 6.43. The number of nitrogens with one attached hydrogen (secondary N) is 2. The highest BCUT2D eigenvalue weighted by molar-refractivity contribution is 6.36. The SMILES string of the molecule is CCNC1Cc2ccccc2C1Nc1nc(CC)c(-c2ccc(Cl)cc2Cl)nc1CC. The molecule has 0 amide bonds. The Labute approximate surface area is 194 Å². The highest BCUT2D eigenvalue weighted by Crippen LogP contribution is 2.36. The topological polar surface area (TPSA) is 49.8 Å². The van der Waals surface area contributed by atoms with Crippen molar-refractivity contribution in [1.82, 2.24) is 15.3 Å². The van der Waals surface area contributed by atoms with Crippen LogP contribution in [0.2, 0.25) is 10.0 Å². The van der Waals surface area contributed by atoms with Gasteiger partial charge in [0.15, 0.2) is 0 Å². The van der Waals surface area contributed by atoms with Gasteiger partial charge in [-0.15, -0.1) is 0 Å². The van der Waals surface area contributed by atoms with E-state index in [0.29, 0.717) is 16.1 Å². The molecule has 6 heteroatoms. The number of rotatable bonds is 7. The molecule has 4 rings (SSSR count). The second-order valence-electron chi connectivity index (χ2n) is 7.83. The third kappa shape index (κ3) is 4.43. The van der Waals surface area contributed by atoms with Gasteiger partial charge in [0.1, 0.15) is 5.82 Å². The Bertz CT molecular complexity index is 1080. The van der Waals surface area contributed by atoms with Gasteiger partial charge in [-0.1, -0.05) is 68.2 Å². The van der Waals surface area contributed by atoms with Gasteiger partial charge in [0, 0.05) is 16.6 Å². The molecule has 1 aromatic heterocycles. The van der Waals surface area contributed by atoms with Crippen molar-refractivity contribution in [2.45, 2.75) is 52.1 Å². The summed E-state index contributed by atoms with van der Waals surface area (Å²) in [6.45, 7) is 7.28. The number of aryl methyl sites for hydroxylation is 2. The molecule has 31 heavy (non-hydrogen) atoms. The molecule has 162 valence electrons. The predicted octanol–water partition coefficient (Wildman–Crippen LogP) is 6.26. The molecule has 2 unspecified atom stereocenters. The van der Waals surface area contributed by atoms with Crippen LogP contribution in [0.3, 0.4) is 0 Å². The fraction of sp³-hybridized carbons (Fsp3) is 0.360. The van der Waals surface area contributed by atoms with Crippen molar-refractivity contribution < 1.29 is 0 Å². The Morgan fingerprint density at radius 3 is 2.45 bits per heavy atom. The number of hydrogen-bond acceptors (Lipinski definition) is 4. The van der Waals surface area contributed by atoms with Crippen molar-refractivity contribution in [2.75, 3.05) is 11.9 Å². The van der Waals surface area contributed by atoms with Gasteiger partial charge in [-0.3, -0.25) is 0 Å². The number of hydrogen-bond donors (Lipinski definition) is 2. The van der Waals surface area contributed by atoms with Crippen LogP contribution in [0.4, 0.5) is 5.82 Å². The maximum absolute atomic E-state index is 6.50. The van der Waals surface area contributed by atoms with E-state index in [2.05, 4.69) is 55.7 Å². The molecule has 0 aliphatic heterocycles. The van der Waals surface area contributed by atoms with Crippen LogP contribution in [0.1, 0.15) is 49.3 Å². The summed E-state index contributed by atoms with van der Waals surface area (Å²) < 4.78 is 0. The number of likely N-dealkylation sites (N-methyl/N-ethyl adjacent to an activating group) is 1. The first-order chi connectivity index (χ1) is 15.0. The van der Waals surface area contributed by atoms with E-state index >= 15 is 0 Å². The molecular formula is C25H28Cl2N4. The lowest BCUT2D eigenvalue weighted by Crippen LogP contribution is -2.36. The zero-order chi connectivity index (χ0) is 22.0. The van der Waals surface area contributed by atoms with E-state index < -0.39 is 0 Å². The summed E-state index contributed by atoms with van der Waals surface area (Å²) in [7, 11) is 0. The van der Waals surface area contributed by atoms with Gasteiger partial charge in [-0.05, 0) is 55.1 Å². The standard InChI is InChI=1S/C25H28Cl2N4/c1-4-20-24(18-12-11-16(26)14-19(18)27)29-21(5-2)25(30-20)31-23-17-10-8-7-9-15(17)13-22(23)28-6-3/h7-12,14,22-23,28H,4-6,13H2,1-3H3,(H,30,31). The minimum atomic E-state index is 0.158. The molecule has 2 atom stereocenters. The van der Waals surface area contributed by atoms with Crippen molar-refractivity contribution in [3.05, 3.63) is 75.0 Å². The van der Waals surface area contributed by atoms with E-state index in [1.807, 2.05) is 12.1 Å². The van der Waals surface area contributed by atoms with Crippen molar-refractivity contribution in [3.8, 4) is 11.3 Å². The zero-order valence-corrected chi connectivity index (χ0v) is 19.7. The quantitative estimate of drug-likeness (QED) is 0.441. The molecule has 1 aliphatic rings. The fourth-order valence-corrected chi connectivity index (χ4v) is 4.88. The average molecular weight is 455 g/mol. The molecule has 1 aliphatic carbocycles. The number of aromatic nitrogens is 2. The monoisotopic (exact) mass is 454 g/mol. The second-order valence-corrected chi connectivity index (χ2v) is 8.68. The average Bonchev–Trinajstić information content (AvgIpc) is 3.11. The molecule has 0 radical (unpaired) electrons. The molecule has 0 saturated heterocycles. The van der Waals surface area contributed by atoms with E-state index in [4.69, 9.17) is 33.2 Å². The Morgan fingerprint density at radius 2 is 1.74 bits per heavy atom. The molecule has 0 saturated carbocycles. The maximum atomic E-state index is 6.50. The minimum Gasteiger partial charge on any atom is -0.360 e. The van der Waals surface area contributed by atoms with Crippen LogP contribution in [0, 0.1) is 0 Å². The molecule has 0 fully saturated rings. The van der Waals surface area contributed by atoms with E-state index in [0.717, 1.165) is 54.3 Å². The van der Waals surface area contributed by atoms with Gasteiger partial charge < -0.3 is 10.6 Å². The molecule has 3 aromatic rings. The predicted molar refractivity (Wildman–Crippen MR) is 130 cm³/mol. The zero-order valence-electron chi connectivity index (χ0n) is 18.2.